The van der Waals surface area contributed by atoms with Crippen molar-refractivity contribution in [3.05, 3.63) is 89.5 Å². The van der Waals surface area contributed by atoms with Crippen LogP contribution in [0.3, 0.4) is 0 Å². The maximum Gasteiger partial charge on any atom is 0.319 e. The lowest BCUT2D eigenvalue weighted by Gasteiger charge is -2.15. The normalized spacial score (nSPS) is 12.1. The summed E-state index contributed by atoms with van der Waals surface area (Å²) in [7, 11) is -2.15. The zero-order valence-electron chi connectivity index (χ0n) is 20.3. The molecule has 9 heteroatoms. The number of carbonyl (C=O) groups is 1. The fraction of sp³-hybridized carbons (Fsp3) is 0.296. The van der Waals surface area contributed by atoms with Crippen LogP contribution in [0.2, 0.25) is 0 Å². The second-order valence-electron chi connectivity index (χ2n) is 8.18. The molecule has 0 radical (unpaired) electrons. The second kappa shape index (κ2) is 13.2. The highest BCUT2D eigenvalue weighted by Gasteiger charge is 2.20. The van der Waals surface area contributed by atoms with E-state index in [1.165, 1.54) is 7.11 Å². The Morgan fingerprint density at radius 3 is 2.03 bits per heavy atom. The van der Waals surface area contributed by atoms with E-state index < -0.39 is 10.1 Å². The number of methoxy groups -OCH3 is 1. The molecule has 7 nitrogen and oxygen atoms in total. The number of hydrogen-bond acceptors (Lipinski definition) is 8. The Hall–Kier alpha value is -3.17. The number of rotatable bonds is 13. The molecule has 3 aromatic rings. The monoisotopic (exact) mass is 530 g/mol. The van der Waals surface area contributed by atoms with Crippen molar-refractivity contribution in [1.82, 2.24) is 0 Å². The van der Waals surface area contributed by atoms with Crippen molar-refractivity contribution in [3.63, 3.8) is 0 Å². The lowest BCUT2D eigenvalue weighted by atomic mass is 10.1. The smallest absolute Gasteiger partial charge is 0.319 e. The van der Waals surface area contributed by atoms with Gasteiger partial charge in [0.2, 0.25) is 0 Å². The zero-order chi connectivity index (χ0) is 26.0. The van der Waals surface area contributed by atoms with Crippen LogP contribution in [-0.4, -0.2) is 50.5 Å². The molecule has 0 saturated heterocycles. The largest absolute Gasteiger partial charge is 0.508 e. The predicted octanol–water partition coefficient (Wildman–Crippen LogP) is 4.41. The third-order valence-electron chi connectivity index (χ3n) is 5.29. The number of aromatic hydroxyl groups is 1. The summed E-state index contributed by atoms with van der Waals surface area (Å²) in [4.78, 5) is 12.3. The van der Waals surface area contributed by atoms with Gasteiger partial charge in [-0.25, -0.2) is 0 Å². The van der Waals surface area contributed by atoms with Crippen molar-refractivity contribution in [1.29, 1.82) is 0 Å². The number of phenolic OH excluding ortho intramolecular Hbond substituents is 1. The summed E-state index contributed by atoms with van der Waals surface area (Å²) in [5, 5.41) is 9.11. The van der Waals surface area contributed by atoms with Crippen LogP contribution in [0.5, 0.6) is 17.2 Å². The first-order chi connectivity index (χ1) is 17.2. The van der Waals surface area contributed by atoms with Gasteiger partial charge < -0.3 is 18.8 Å². The molecule has 0 bridgehead atoms. The van der Waals surface area contributed by atoms with Crippen molar-refractivity contribution < 1.29 is 32.0 Å². The highest BCUT2D eigenvalue weighted by Crippen LogP contribution is 2.22. The Morgan fingerprint density at radius 1 is 0.861 bits per heavy atom. The predicted molar refractivity (Wildman–Crippen MR) is 141 cm³/mol. The van der Waals surface area contributed by atoms with Crippen LogP contribution in [-0.2, 0) is 38.9 Å². The lowest BCUT2D eigenvalue weighted by molar-refractivity contribution is -0.139. The Kier molecular flexibility index (Phi) is 10.1. The van der Waals surface area contributed by atoms with Crippen molar-refractivity contribution in [3.8, 4) is 17.2 Å². The molecule has 0 aliphatic rings. The summed E-state index contributed by atoms with van der Waals surface area (Å²) in [6.07, 6.45) is 3.07. The Balaban J connectivity index is 1.46. The molecule has 1 atom stereocenters. The Labute approximate surface area is 216 Å². The molecular weight excluding hydrogens is 500 g/mol. The van der Waals surface area contributed by atoms with Crippen molar-refractivity contribution in [2.24, 2.45) is 0 Å². The molecule has 0 saturated carbocycles. The lowest BCUT2D eigenvalue weighted by Crippen LogP contribution is -2.22. The molecule has 3 rings (SSSR count). The van der Waals surface area contributed by atoms with Gasteiger partial charge in [0.1, 0.15) is 22.5 Å². The van der Waals surface area contributed by atoms with E-state index >= 15 is 0 Å². The van der Waals surface area contributed by atoms with E-state index in [2.05, 4.69) is 0 Å². The van der Waals surface area contributed by atoms with Crippen LogP contribution in [0.1, 0.15) is 16.7 Å². The zero-order valence-corrected chi connectivity index (χ0v) is 21.9. The Morgan fingerprint density at radius 2 is 1.42 bits per heavy atom. The molecule has 192 valence electrons. The SMILES string of the molecule is COC(=O)[C@@H](Cc1ccc(CCOc2ccc(OS(C)(=O)=O)cc2)cc1)SCCc1ccc(O)cc1. The van der Waals surface area contributed by atoms with E-state index in [1.54, 1.807) is 48.2 Å². The van der Waals surface area contributed by atoms with Gasteiger partial charge in [-0.05, 0) is 71.7 Å². The quantitative estimate of drug-likeness (QED) is 0.256. The van der Waals surface area contributed by atoms with Crippen LogP contribution in [0.15, 0.2) is 72.8 Å². The first-order valence-electron chi connectivity index (χ1n) is 11.4. The molecule has 0 aromatic heterocycles. The van der Waals surface area contributed by atoms with Gasteiger partial charge >= 0.3 is 16.1 Å². The van der Waals surface area contributed by atoms with Gasteiger partial charge in [0.15, 0.2) is 0 Å². The number of thioether (sulfide) groups is 1. The highest BCUT2D eigenvalue weighted by atomic mass is 32.2. The molecule has 0 aliphatic carbocycles. The number of aryl methyl sites for hydroxylation is 1. The number of hydrogen-bond donors (Lipinski definition) is 1. The summed E-state index contributed by atoms with van der Waals surface area (Å²) in [5.74, 6) is 1.63. The van der Waals surface area contributed by atoms with Crippen molar-refractivity contribution in [2.75, 3.05) is 25.7 Å². The average Bonchev–Trinajstić information content (AvgIpc) is 2.85. The average molecular weight is 531 g/mol. The first kappa shape index (κ1) is 27.4. The standard InChI is InChI=1S/C27H30O7S2/c1-32-27(29)26(35-18-16-21-7-9-23(28)10-8-21)19-22-5-3-20(4-6-22)15-17-33-24-11-13-25(14-12-24)34-36(2,30)31/h3-14,26,28H,15-19H2,1-2H3/t26-/m1/s1. The molecule has 3 aromatic carbocycles. The van der Waals surface area contributed by atoms with Gasteiger partial charge in [0.05, 0.1) is 20.0 Å². The van der Waals surface area contributed by atoms with Crippen molar-refractivity contribution >= 4 is 27.8 Å². The number of esters is 1. The fourth-order valence-corrected chi connectivity index (χ4v) is 5.07. The minimum absolute atomic E-state index is 0.240. The molecule has 0 aliphatic heterocycles. The molecule has 0 fully saturated rings. The van der Waals surface area contributed by atoms with Gasteiger partial charge in [0, 0.05) is 6.42 Å². The van der Waals surface area contributed by atoms with Crippen LogP contribution in [0, 0.1) is 0 Å². The summed E-state index contributed by atoms with van der Waals surface area (Å²) >= 11 is 1.57. The van der Waals surface area contributed by atoms with E-state index in [-0.39, 0.29) is 22.7 Å². The molecule has 0 spiro atoms. The van der Waals surface area contributed by atoms with Gasteiger partial charge in [-0.2, -0.15) is 8.42 Å². The third kappa shape index (κ3) is 9.47. The van der Waals surface area contributed by atoms with E-state index in [0.717, 1.165) is 35.1 Å². The van der Waals surface area contributed by atoms with Gasteiger partial charge in [0.25, 0.3) is 0 Å². The van der Waals surface area contributed by atoms with Gasteiger partial charge in [-0.15, -0.1) is 11.8 Å². The molecule has 0 heterocycles. The molecular formula is C27H30O7S2. The maximum atomic E-state index is 12.3. The summed E-state index contributed by atoms with van der Waals surface area (Å²) in [6, 6.07) is 21.6. The second-order valence-corrected chi connectivity index (χ2v) is 11.1. The summed E-state index contributed by atoms with van der Waals surface area (Å²) < 4.78 is 37.9. The number of ether oxygens (including phenoxy) is 2. The third-order valence-corrected chi connectivity index (χ3v) is 6.98. The fourth-order valence-electron chi connectivity index (χ4n) is 3.43. The highest BCUT2D eigenvalue weighted by molar-refractivity contribution is 8.00. The van der Waals surface area contributed by atoms with E-state index in [1.807, 2.05) is 36.4 Å². The first-order valence-corrected chi connectivity index (χ1v) is 14.3. The minimum Gasteiger partial charge on any atom is -0.508 e. The van der Waals surface area contributed by atoms with Crippen LogP contribution < -0.4 is 8.92 Å². The van der Waals surface area contributed by atoms with E-state index in [4.69, 9.17) is 13.7 Å². The van der Waals surface area contributed by atoms with Crippen LogP contribution in [0.4, 0.5) is 0 Å². The number of carbonyl (C=O) groups excluding carboxylic acids is 1. The molecule has 0 unspecified atom stereocenters. The minimum atomic E-state index is -3.55. The molecule has 36 heavy (non-hydrogen) atoms. The van der Waals surface area contributed by atoms with Gasteiger partial charge in [-0.3, -0.25) is 4.79 Å². The summed E-state index contributed by atoms with van der Waals surface area (Å²) in [5.41, 5.74) is 3.26. The van der Waals surface area contributed by atoms with E-state index in [9.17, 15) is 18.3 Å². The number of phenols is 1. The van der Waals surface area contributed by atoms with Crippen molar-refractivity contribution in [2.45, 2.75) is 24.5 Å². The molecule has 0 amide bonds. The Bertz CT molecular complexity index is 1210. The van der Waals surface area contributed by atoms with E-state index in [0.29, 0.717) is 25.2 Å². The summed E-state index contributed by atoms with van der Waals surface area (Å²) in [6.45, 7) is 0.462. The van der Waals surface area contributed by atoms with Gasteiger partial charge in [-0.1, -0.05) is 36.4 Å². The maximum absolute atomic E-state index is 12.3. The number of benzene rings is 3. The topological polar surface area (TPSA) is 99.1 Å². The van der Waals surface area contributed by atoms with Crippen LogP contribution in [0.25, 0.3) is 0 Å². The molecule has 1 N–H and O–H groups in total. The van der Waals surface area contributed by atoms with Crippen LogP contribution >= 0.6 is 11.8 Å².